The van der Waals surface area contributed by atoms with E-state index in [0.29, 0.717) is 23.8 Å². The van der Waals surface area contributed by atoms with Gasteiger partial charge in [0.2, 0.25) is 5.91 Å². The number of amides is 2. The largest absolute Gasteiger partial charge is 0.351 e. The van der Waals surface area contributed by atoms with Gasteiger partial charge in [-0.25, -0.2) is 0 Å². The van der Waals surface area contributed by atoms with Crippen LogP contribution in [-0.4, -0.2) is 18.4 Å². The molecule has 1 aliphatic rings. The molecule has 1 fully saturated rings. The number of hydrogen-bond donors (Lipinski definition) is 2. The summed E-state index contributed by atoms with van der Waals surface area (Å²) in [4.78, 5) is 24.7. The highest BCUT2D eigenvalue weighted by Crippen LogP contribution is 2.40. The normalized spacial score (nSPS) is 15.0. The molecule has 120 valence electrons. The molecule has 3 rings (SSSR count). The molecule has 1 heterocycles. The SMILES string of the molecule is O=C(CCNC(=O)c1cccs1)NC(c1ccccc1)C1CC1. The third-order valence-electron chi connectivity index (χ3n) is 3.95. The summed E-state index contributed by atoms with van der Waals surface area (Å²) in [6.07, 6.45) is 2.62. The number of carbonyl (C=O) groups is 2. The fraction of sp³-hybridized carbons (Fsp3) is 0.333. The van der Waals surface area contributed by atoms with E-state index in [1.54, 1.807) is 6.07 Å². The molecule has 1 aliphatic carbocycles. The minimum absolute atomic E-state index is 0.0165. The molecule has 1 atom stereocenters. The van der Waals surface area contributed by atoms with Gasteiger partial charge in [-0.05, 0) is 35.8 Å². The second-order valence-electron chi connectivity index (χ2n) is 5.78. The van der Waals surface area contributed by atoms with Gasteiger partial charge in [-0.15, -0.1) is 11.3 Å². The summed E-state index contributed by atoms with van der Waals surface area (Å²) < 4.78 is 0. The molecule has 0 radical (unpaired) electrons. The number of carbonyl (C=O) groups excluding carboxylic acids is 2. The summed E-state index contributed by atoms with van der Waals surface area (Å²) >= 11 is 1.40. The maximum Gasteiger partial charge on any atom is 0.261 e. The Balaban J connectivity index is 1.47. The van der Waals surface area contributed by atoms with Crippen LogP contribution in [0.1, 0.15) is 40.5 Å². The number of benzene rings is 1. The van der Waals surface area contributed by atoms with Gasteiger partial charge in [0.25, 0.3) is 5.91 Å². The van der Waals surface area contributed by atoms with Crippen LogP contribution in [0, 0.1) is 5.92 Å². The van der Waals surface area contributed by atoms with Crippen LogP contribution in [0.5, 0.6) is 0 Å². The molecule has 1 unspecified atom stereocenters. The molecular weight excluding hydrogens is 308 g/mol. The molecule has 4 nitrogen and oxygen atoms in total. The molecule has 0 aliphatic heterocycles. The van der Waals surface area contributed by atoms with Crippen molar-refractivity contribution in [2.24, 2.45) is 5.92 Å². The van der Waals surface area contributed by atoms with Crippen molar-refractivity contribution in [3.63, 3.8) is 0 Å². The fourth-order valence-corrected chi connectivity index (χ4v) is 3.23. The van der Waals surface area contributed by atoms with Crippen molar-refractivity contribution in [1.29, 1.82) is 0 Å². The van der Waals surface area contributed by atoms with E-state index in [-0.39, 0.29) is 17.9 Å². The lowest BCUT2D eigenvalue weighted by Gasteiger charge is -2.19. The minimum Gasteiger partial charge on any atom is -0.351 e. The first-order valence-corrected chi connectivity index (χ1v) is 8.78. The van der Waals surface area contributed by atoms with E-state index in [0.717, 1.165) is 18.4 Å². The zero-order valence-corrected chi connectivity index (χ0v) is 13.6. The topological polar surface area (TPSA) is 58.2 Å². The third kappa shape index (κ3) is 4.42. The lowest BCUT2D eigenvalue weighted by molar-refractivity contribution is -0.121. The molecule has 1 aromatic heterocycles. The quantitative estimate of drug-likeness (QED) is 0.820. The molecule has 23 heavy (non-hydrogen) atoms. The van der Waals surface area contributed by atoms with Crippen LogP contribution in [0.25, 0.3) is 0 Å². The van der Waals surface area contributed by atoms with Gasteiger partial charge in [-0.2, -0.15) is 0 Å². The van der Waals surface area contributed by atoms with Gasteiger partial charge in [-0.3, -0.25) is 9.59 Å². The van der Waals surface area contributed by atoms with Crippen LogP contribution in [-0.2, 0) is 4.79 Å². The van der Waals surface area contributed by atoms with Gasteiger partial charge in [0, 0.05) is 13.0 Å². The van der Waals surface area contributed by atoms with Crippen LogP contribution in [0.3, 0.4) is 0 Å². The van der Waals surface area contributed by atoms with Crippen LogP contribution < -0.4 is 10.6 Å². The first-order valence-electron chi connectivity index (χ1n) is 7.90. The molecule has 0 saturated heterocycles. The van der Waals surface area contributed by atoms with Gasteiger partial charge in [0.05, 0.1) is 10.9 Å². The fourth-order valence-electron chi connectivity index (χ4n) is 2.59. The summed E-state index contributed by atoms with van der Waals surface area (Å²) in [6, 6.07) is 13.8. The van der Waals surface area contributed by atoms with Crippen molar-refractivity contribution in [2.45, 2.75) is 25.3 Å². The number of hydrogen-bond acceptors (Lipinski definition) is 3. The van der Waals surface area contributed by atoms with Gasteiger partial charge in [0.1, 0.15) is 0 Å². The maximum atomic E-state index is 12.2. The number of nitrogens with one attached hydrogen (secondary N) is 2. The lowest BCUT2D eigenvalue weighted by Crippen LogP contribution is -2.33. The lowest BCUT2D eigenvalue weighted by atomic mass is 10.0. The van der Waals surface area contributed by atoms with Gasteiger partial charge < -0.3 is 10.6 Å². The second kappa shape index (κ2) is 7.42. The summed E-state index contributed by atoms with van der Waals surface area (Å²) in [5.74, 6) is 0.411. The van der Waals surface area contributed by atoms with E-state index in [2.05, 4.69) is 22.8 Å². The van der Waals surface area contributed by atoms with Crippen molar-refractivity contribution in [1.82, 2.24) is 10.6 Å². The van der Waals surface area contributed by atoms with Crippen LogP contribution in [0.2, 0.25) is 0 Å². The molecule has 2 amide bonds. The molecule has 2 N–H and O–H groups in total. The molecule has 1 aromatic carbocycles. The number of thiophene rings is 1. The molecule has 1 saturated carbocycles. The zero-order chi connectivity index (χ0) is 16.1. The maximum absolute atomic E-state index is 12.2. The third-order valence-corrected chi connectivity index (χ3v) is 4.82. The van der Waals surface area contributed by atoms with Crippen LogP contribution >= 0.6 is 11.3 Å². The Morgan fingerprint density at radius 2 is 1.91 bits per heavy atom. The van der Waals surface area contributed by atoms with E-state index in [4.69, 9.17) is 0 Å². The van der Waals surface area contributed by atoms with Crippen LogP contribution in [0.15, 0.2) is 47.8 Å². The van der Waals surface area contributed by atoms with Crippen molar-refractivity contribution >= 4 is 23.2 Å². The van der Waals surface area contributed by atoms with Crippen molar-refractivity contribution in [2.75, 3.05) is 6.54 Å². The van der Waals surface area contributed by atoms with Crippen molar-refractivity contribution < 1.29 is 9.59 Å². The first-order chi connectivity index (χ1) is 11.2. The summed E-state index contributed by atoms with van der Waals surface area (Å²) in [5, 5.41) is 7.76. The van der Waals surface area contributed by atoms with Crippen molar-refractivity contribution in [3.05, 3.63) is 58.3 Å². The second-order valence-corrected chi connectivity index (χ2v) is 6.72. The van der Waals surface area contributed by atoms with Crippen LogP contribution in [0.4, 0.5) is 0 Å². The summed E-state index contributed by atoms with van der Waals surface area (Å²) in [5.41, 5.74) is 1.16. The van der Waals surface area contributed by atoms with E-state index in [1.807, 2.05) is 29.6 Å². The Morgan fingerprint density at radius 3 is 2.57 bits per heavy atom. The van der Waals surface area contributed by atoms with Gasteiger partial charge in [-0.1, -0.05) is 36.4 Å². The summed E-state index contributed by atoms with van der Waals surface area (Å²) in [6.45, 7) is 0.356. The monoisotopic (exact) mass is 328 g/mol. The Morgan fingerprint density at radius 1 is 1.13 bits per heavy atom. The minimum atomic E-state index is -0.116. The van der Waals surface area contributed by atoms with Gasteiger partial charge in [0.15, 0.2) is 0 Å². The molecule has 0 spiro atoms. The number of rotatable bonds is 7. The summed E-state index contributed by atoms with van der Waals surface area (Å²) in [7, 11) is 0. The zero-order valence-electron chi connectivity index (χ0n) is 12.8. The predicted molar refractivity (Wildman–Crippen MR) is 91.3 cm³/mol. The van der Waals surface area contributed by atoms with E-state index >= 15 is 0 Å². The Kier molecular flexibility index (Phi) is 5.08. The Hall–Kier alpha value is -2.14. The van der Waals surface area contributed by atoms with E-state index in [1.165, 1.54) is 11.3 Å². The average Bonchev–Trinajstić information content (AvgIpc) is 3.26. The van der Waals surface area contributed by atoms with Gasteiger partial charge >= 0.3 is 0 Å². The van der Waals surface area contributed by atoms with Crippen molar-refractivity contribution in [3.8, 4) is 0 Å². The highest BCUT2D eigenvalue weighted by Gasteiger charge is 2.33. The molecule has 0 bridgehead atoms. The Bertz CT molecular complexity index is 651. The average molecular weight is 328 g/mol. The first kappa shape index (κ1) is 15.7. The molecule has 2 aromatic rings. The Labute approximate surface area is 139 Å². The van der Waals surface area contributed by atoms with E-state index in [9.17, 15) is 9.59 Å². The predicted octanol–water partition coefficient (Wildman–Crippen LogP) is 3.14. The highest BCUT2D eigenvalue weighted by molar-refractivity contribution is 7.12. The highest BCUT2D eigenvalue weighted by atomic mass is 32.1. The smallest absolute Gasteiger partial charge is 0.261 e. The standard InChI is InChI=1S/C18H20N2O2S/c21-16(10-11-19-18(22)15-7-4-12-23-15)20-17(14-8-9-14)13-5-2-1-3-6-13/h1-7,12,14,17H,8-11H2,(H,19,22)(H,20,21). The molecular formula is C18H20N2O2S. The molecule has 5 heteroatoms. The van der Waals surface area contributed by atoms with E-state index < -0.39 is 0 Å².